The van der Waals surface area contributed by atoms with E-state index in [0.29, 0.717) is 12.5 Å². The van der Waals surface area contributed by atoms with Crippen molar-refractivity contribution in [1.29, 1.82) is 0 Å². The zero-order valence-electron chi connectivity index (χ0n) is 11.0. The van der Waals surface area contributed by atoms with Crippen LogP contribution < -0.4 is 15.4 Å². The number of ether oxygens (including phenoxy) is 1. The molecule has 0 bridgehead atoms. The predicted molar refractivity (Wildman–Crippen MR) is 71.5 cm³/mol. The van der Waals surface area contributed by atoms with Gasteiger partial charge in [-0.3, -0.25) is 4.99 Å². The molecule has 1 rings (SSSR count). The molecule has 18 heavy (non-hydrogen) atoms. The minimum absolute atomic E-state index is 0.105. The molecule has 100 valence electrons. The van der Waals surface area contributed by atoms with Crippen molar-refractivity contribution in [2.75, 3.05) is 20.6 Å². The summed E-state index contributed by atoms with van der Waals surface area (Å²) in [7, 11) is 3.48. The summed E-state index contributed by atoms with van der Waals surface area (Å²) in [6, 6.07) is 6.42. The summed E-state index contributed by atoms with van der Waals surface area (Å²) in [5.41, 5.74) is 0. The first kappa shape index (κ1) is 14.3. The van der Waals surface area contributed by atoms with Crippen molar-refractivity contribution in [1.82, 2.24) is 10.6 Å². The van der Waals surface area contributed by atoms with Crippen LogP contribution in [0.5, 0.6) is 5.75 Å². The maximum absolute atomic E-state index is 13.4. The molecular formula is C13H20FN3O. The molecular weight excluding hydrogens is 233 g/mol. The molecule has 0 spiro atoms. The molecule has 0 aliphatic rings. The van der Waals surface area contributed by atoms with Crippen LogP contribution in [0.1, 0.15) is 13.3 Å². The molecule has 5 heteroatoms. The second kappa shape index (κ2) is 7.53. The van der Waals surface area contributed by atoms with Gasteiger partial charge < -0.3 is 15.4 Å². The van der Waals surface area contributed by atoms with Crippen molar-refractivity contribution in [3.05, 3.63) is 30.1 Å². The summed E-state index contributed by atoms with van der Waals surface area (Å²) >= 11 is 0. The zero-order valence-corrected chi connectivity index (χ0v) is 11.0. The van der Waals surface area contributed by atoms with E-state index in [0.717, 1.165) is 6.42 Å². The quantitative estimate of drug-likeness (QED) is 0.621. The lowest BCUT2D eigenvalue weighted by molar-refractivity contribution is 0.191. The van der Waals surface area contributed by atoms with Gasteiger partial charge in [0.15, 0.2) is 17.5 Å². The van der Waals surface area contributed by atoms with Crippen molar-refractivity contribution in [3.8, 4) is 5.75 Å². The highest BCUT2D eigenvalue weighted by Crippen LogP contribution is 2.17. The Kier molecular flexibility index (Phi) is 5.97. The third-order valence-corrected chi connectivity index (χ3v) is 2.54. The topological polar surface area (TPSA) is 45.7 Å². The molecule has 0 radical (unpaired) electrons. The lowest BCUT2D eigenvalue weighted by Gasteiger charge is -2.19. The van der Waals surface area contributed by atoms with E-state index in [1.807, 2.05) is 6.92 Å². The van der Waals surface area contributed by atoms with E-state index in [1.54, 1.807) is 32.3 Å². The van der Waals surface area contributed by atoms with Crippen LogP contribution in [0.15, 0.2) is 29.3 Å². The molecule has 1 aromatic carbocycles. The maximum Gasteiger partial charge on any atom is 0.190 e. The minimum atomic E-state index is -0.339. The summed E-state index contributed by atoms with van der Waals surface area (Å²) in [6.07, 6.45) is 0.675. The first-order valence-corrected chi connectivity index (χ1v) is 6.00. The van der Waals surface area contributed by atoms with E-state index < -0.39 is 0 Å². The van der Waals surface area contributed by atoms with Gasteiger partial charge in [-0.25, -0.2) is 4.39 Å². The number of nitrogens with one attached hydrogen (secondary N) is 2. The van der Waals surface area contributed by atoms with Crippen molar-refractivity contribution in [3.63, 3.8) is 0 Å². The zero-order chi connectivity index (χ0) is 13.4. The first-order chi connectivity index (χ1) is 8.71. The monoisotopic (exact) mass is 253 g/mol. The SMILES string of the molecule is CCC(CNC(=NC)NC)Oc1ccccc1F. The second-order valence-electron chi connectivity index (χ2n) is 3.78. The van der Waals surface area contributed by atoms with E-state index in [9.17, 15) is 4.39 Å². The van der Waals surface area contributed by atoms with Gasteiger partial charge >= 0.3 is 0 Å². The Balaban J connectivity index is 2.55. The number of aliphatic imine (C=N–C) groups is 1. The molecule has 1 unspecified atom stereocenters. The molecule has 0 aliphatic heterocycles. The highest BCUT2D eigenvalue weighted by atomic mass is 19.1. The van der Waals surface area contributed by atoms with Crippen LogP contribution in [0.4, 0.5) is 4.39 Å². The van der Waals surface area contributed by atoms with Gasteiger partial charge in [-0.05, 0) is 18.6 Å². The van der Waals surface area contributed by atoms with Gasteiger partial charge in [0.05, 0.1) is 6.54 Å². The van der Waals surface area contributed by atoms with Crippen LogP contribution in [0, 0.1) is 5.82 Å². The standard InChI is InChI=1S/C13H20FN3O/c1-4-10(9-17-13(15-2)16-3)18-12-8-6-5-7-11(12)14/h5-8,10H,4,9H2,1-3H3,(H2,15,16,17). The molecule has 2 N–H and O–H groups in total. The molecule has 1 aromatic rings. The Morgan fingerprint density at radius 2 is 2.17 bits per heavy atom. The molecule has 0 saturated heterocycles. The van der Waals surface area contributed by atoms with Crippen molar-refractivity contribution < 1.29 is 9.13 Å². The van der Waals surface area contributed by atoms with Crippen LogP contribution in [-0.4, -0.2) is 32.7 Å². The van der Waals surface area contributed by atoms with Gasteiger partial charge in [0, 0.05) is 14.1 Å². The molecule has 1 atom stereocenters. The van der Waals surface area contributed by atoms with Crippen LogP contribution >= 0.6 is 0 Å². The highest BCUT2D eigenvalue weighted by Gasteiger charge is 2.11. The molecule has 0 fully saturated rings. The van der Waals surface area contributed by atoms with Crippen molar-refractivity contribution in [2.45, 2.75) is 19.4 Å². The smallest absolute Gasteiger partial charge is 0.190 e. The highest BCUT2D eigenvalue weighted by molar-refractivity contribution is 5.79. The number of benzene rings is 1. The van der Waals surface area contributed by atoms with Gasteiger partial charge in [0.1, 0.15) is 6.10 Å². The minimum Gasteiger partial charge on any atom is -0.486 e. The van der Waals surface area contributed by atoms with Gasteiger partial charge in [0.25, 0.3) is 0 Å². The summed E-state index contributed by atoms with van der Waals surface area (Å²) in [5.74, 6) is 0.630. The normalized spacial score (nSPS) is 13.0. The van der Waals surface area contributed by atoms with Gasteiger partial charge in [-0.2, -0.15) is 0 Å². The van der Waals surface area contributed by atoms with Gasteiger partial charge in [-0.15, -0.1) is 0 Å². The van der Waals surface area contributed by atoms with Crippen LogP contribution in [0.3, 0.4) is 0 Å². The average Bonchev–Trinajstić information content (AvgIpc) is 2.40. The largest absolute Gasteiger partial charge is 0.486 e. The summed E-state index contributed by atoms with van der Waals surface area (Å²) < 4.78 is 19.0. The van der Waals surface area contributed by atoms with E-state index in [2.05, 4.69) is 15.6 Å². The summed E-state index contributed by atoms with van der Waals surface area (Å²) in [6.45, 7) is 2.56. The first-order valence-electron chi connectivity index (χ1n) is 6.00. The van der Waals surface area contributed by atoms with Gasteiger partial charge in [0.2, 0.25) is 0 Å². The third kappa shape index (κ3) is 4.24. The van der Waals surface area contributed by atoms with Gasteiger partial charge in [-0.1, -0.05) is 19.1 Å². The Morgan fingerprint density at radius 3 is 2.72 bits per heavy atom. The Morgan fingerprint density at radius 1 is 1.44 bits per heavy atom. The fourth-order valence-corrected chi connectivity index (χ4v) is 1.48. The maximum atomic E-state index is 13.4. The number of hydrogen-bond acceptors (Lipinski definition) is 2. The predicted octanol–water partition coefficient (Wildman–Crippen LogP) is 1.78. The van der Waals surface area contributed by atoms with E-state index >= 15 is 0 Å². The second-order valence-corrected chi connectivity index (χ2v) is 3.78. The number of halogens is 1. The molecule has 0 aliphatic carbocycles. The average molecular weight is 253 g/mol. The fraction of sp³-hybridized carbons (Fsp3) is 0.462. The summed E-state index contributed by atoms with van der Waals surface area (Å²) in [5, 5.41) is 6.02. The number of guanidine groups is 1. The van der Waals surface area contributed by atoms with Crippen molar-refractivity contribution >= 4 is 5.96 Å². The van der Waals surface area contributed by atoms with E-state index in [-0.39, 0.29) is 17.7 Å². The third-order valence-electron chi connectivity index (χ3n) is 2.54. The van der Waals surface area contributed by atoms with Crippen LogP contribution in [0.25, 0.3) is 0 Å². The number of nitrogens with zero attached hydrogens (tertiary/aromatic N) is 1. The molecule has 0 aromatic heterocycles. The molecule has 0 saturated carbocycles. The summed E-state index contributed by atoms with van der Waals surface area (Å²) in [4.78, 5) is 4.00. The fourth-order valence-electron chi connectivity index (χ4n) is 1.48. The van der Waals surface area contributed by atoms with E-state index in [4.69, 9.17) is 4.74 Å². The van der Waals surface area contributed by atoms with Crippen LogP contribution in [-0.2, 0) is 0 Å². The Hall–Kier alpha value is -1.78. The number of rotatable bonds is 5. The van der Waals surface area contributed by atoms with Crippen LogP contribution in [0.2, 0.25) is 0 Å². The number of para-hydroxylation sites is 1. The Bertz CT molecular complexity index is 396. The molecule has 4 nitrogen and oxygen atoms in total. The van der Waals surface area contributed by atoms with Crippen molar-refractivity contribution in [2.24, 2.45) is 4.99 Å². The molecule has 0 heterocycles. The Labute approximate surface area is 107 Å². The lowest BCUT2D eigenvalue weighted by Crippen LogP contribution is -2.40. The molecule has 0 amide bonds. The lowest BCUT2D eigenvalue weighted by atomic mass is 10.2. The number of hydrogen-bond donors (Lipinski definition) is 2. The van der Waals surface area contributed by atoms with E-state index in [1.165, 1.54) is 6.07 Å².